The Morgan fingerprint density at radius 3 is 2.41 bits per heavy atom. The monoisotopic (exact) mass is 367 g/mol. The number of carbonyl (C=O) groups is 2. The van der Waals surface area contributed by atoms with Gasteiger partial charge in [-0.15, -0.1) is 0 Å². The van der Waals surface area contributed by atoms with E-state index in [0.717, 1.165) is 36.1 Å². The van der Waals surface area contributed by atoms with Gasteiger partial charge in [-0.1, -0.05) is 39.0 Å². The minimum atomic E-state index is -0.229. The van der Waals surface area contributed by atoms with Crippen molar-refractivity contribution in [1.29, 1.82) is 0 Å². The van der Waals surface area contributed by atoms with Crippen LogP contribution in [0.4, 0.5) is 5.69 Å². The summed E-state index contributed by atoms with van der Waals surface area (Å²) in [5.74, 6) is -0.355. The lowest BCUT2D eigenvalue weighted by Crippen LogP contribution is -2.33. The largest absolute Gasteiger partial charge is 0.337 e. The first-order valence-corrected chi connectivity index (χ1v) is 9.66. The summed E-state index contributed by atoms with van der Waals surface area (Å²) in [6.07, 6.45) is 4.13. The van der Waals surface area contributed by atoms with Gasteiger partial charge in [0.2, 0.25) is 0 Å². The summed E-state index contributed by atoms with van der Waals surface area (Å²) >= 11 is 0. The van der Waals surface area contributed by atoms with E-state index in [-0.39, 0.29) is 11.8 Å². The Bertz CT molecular complexity index is 796. The second-order valence-corrected chi connectivity index (χ2v) is 6.64. The van der Waals surface area contributed by atoms with Crippen LogP contribution in [0.3, 0.4) is 0 Å². The van der Waals surface area contributed by atoms with Crippen LogP contribution in [0, 0.1) is 6.92 Å². The van der Waals surface area contributed by atoms with E-state index in [4.69, 9.17) is 0 Å². The minimum absolute atomic E-state index is 0.126. The molecule has 5 heteroatoms. The maximum atomic E-state index is 12.8. The predicted octanol–water partition coefficient (Wildman–Crippen LogP) is 4.47. The second-order valence-electron chi connectivity index (χ2n) is 6.64. The topological polar surface area (TPSA) is 62.3 Å². The molecule has 0 saturated carbocycles. The summed E-state index contributed by atoms with van der Waals surface area (Å²) in [7, 11) is 0. The van der Waals surface area contributed by atoms with E-state index in [1.807, 2.05) is 39.0 Å². The van der Waals surface area contributed by atoms with Crippen LogP contribution in [-0.4, -0.2) is 34.8 Å². The van der Waals surface area contributed by atoms with Crippen LogP contribution in [0.2, 0.25) is 0 Å². The van der Waals surface area contributed by atoms with Crippen LogP contribution in [-0.2, 0) is 6.42 Å². The Hall–Kier alpha value is -2.69. The lowest BCUT2D eigenvalue weighted by Gasteiger charge is -2.21. The van der Waals surface area contributed by atoms with Crippen molar-refractivity contribution in [3.63, 3.8) is 0 Å². The Balaban J connectivity index is 2.24. The molecule has 0 fully saturated rings. The Labute approximate surface area is 161 Å². The van der Waals surface area contributed by atoms with Crippen molar-refractivity contribution in [3.8, 4) is 0 Å². The van der Waals surface area contributed by atoms with Crippen LogP contribution in [0.1, 0.15) is 65.6 Å². The minimum Gasteiger partial charge on any atom is -0.337 e. The number of benzene rings is 1. The van der Waals surface area contributed by atoms with Crippen molar-refractivity contribution in [2.24, 2.45) is 0 Å². The Kier molecular flexibility index (Phi) is 7.53. The molecule has 0 bridgehead atoms. The molecule has 2 amide bonds. The first-order chi connectivity index (χ1) is 13.0. The molecule has 1 aromatic carbocycles. The van der Waals surface area contributed by atoms with Crippen molar-refractivity contribution in [2.45, 2.75) is 47.0 Å². The molecule has 2 rings (SSSR count). The summed E-state index contributed by atoms with van der Waals surface area (Å²) in [5, 5.41) is 3.00. The zero-order valence-corrected chi connectivity index (χ0v) is 16.7. The van der Waals surface area contributed by atoms with Gasteiger partial charge in [0.1, 0.15) is 5.69 Å². The SMILES string of the molecule is CCCN(CCC)C(=O)c1cc(C(=O)Nc2c(C)cccc2CC)ccn1. The van der Waals surface area contributed by atoms with Crippen molar-refractivity contribution in [3.05, 3.63) is 58.9 Å². The number of para-hydroxylation sites is 1. The molecule has 27 heavy (non-hydrogen) atoms. The van der Waals surface area contributed by atoms with Crippen LogP contribution >= 0.6 is 0 Å². The van der Waals surface area contributed by atoms with Gasteiger partial charge in [0.15, 0.2) is 0 Å². The van der Waals surface area contributed by atoms with E-state index in [1.54, 1.807) is 17.0 Å². The number of nitrogens with one attached hydrogen (secondary N) is 1. The van der Waals surface area contributed by atoms with Gasteiger partial charge in [-0.05, 0) is 49.4 Å². The van der Waals surface area contributed by atoms with E-state index in [1.165, 1.54) is 6.20 Å². The molecule has 0 aliphatic carbocycles. The summed E-state index contributed by atoms with van der Waals surface area (Å²) in [5.41, 5.74) is 3.70. The number of rotatable bonds is 8. The molecule has 5 nitrogen and oxygen atoms in total. The van der Waals surface area contributed by atoms with Crippen LogP contribution in [0.5, 0.6) is 0 Å². The number of aromatic nitrogens is 1. The van der Waals surface area contributed by atoms with Gasteiger partial charge in [-0.25, -0.2) is 0 Å². The maximum Gasteiger partial charge on any atom is 0.272 e. The molecule has 0 unspecified atom stereocenters. The molecule has 144 valence electrons. The van der Waals surface area contributed by atoms with Gasteiger partial charge in [-0.2, -0.15) is 0 Å². The molecular weight excluding hydrogens is 338 g/mol. The van der Waals surface area contributed by atoms with Crippen LogP contribution in [0.15, 0.2) is 36.5 Å². The number of anilines is 1. The third kappa shape index (κ3) is 5.16. The summed E-state index contributed by atoms with van der Waals surface area (Å²) in [6.45, 7) is 9.50. The zero-order valence-electron chi connectivity index (χ0n) is 16.7. The molecule has 2 aromatic rings. The molecular formula is C22H29N3O2. The number of hydrogen-bond acceptors (Lipinski definition) is 3. The fourth-order valence-electron chi connectivity index (χ4n) is 3.09. The average molecular weight is 367 g/mol. The molecule has 0 aliphatic heterocycles. The first kappa shape index (κ1) is 20.6. The highest BCUT2D eigenvalue weighted by molar-refractivity contribution is 6.06. The van der Waals surface area contributed by atoms with E-state index in [2.05, 4.69) is 17.2 Å². The van der Waals surface area contributed by atoms with Crippen molar-refractivity contribution in [1.82, 2.24) is 9.88 Å². The smallest absolute Gasteiger partial charge is 0.272 e. The highest BCUT2D eigenvalue weighted by Crippen LogP contribution is 2.22. The normalized spacial score (nSPS) is 10.5. The third-order valence-corrected chi connectivity index (χ3v) is 4.49. The van der Waals surface area contributed by atoms with Crippen LogP contribution < -0.4 is 5.32 Å². The molecule has 1 heterocycles. The second kappa shape index (κ2) is 9.86. The van der Waals surface area contributed by atoms with E-state index in [9.17, 15) is 9.59 Å². The fraction of sp³-hybridized carbons (Fsp3) is 0.409. The van der Waals surface area contributed by atoms with Gasteiger partial charge < -0.3 is 10.2 Å². The zero-order chi connectivity index (χ0) is 19.8. The van der Waals surface area contributed by atoms with Gasteiger partial charge >= 0.3 is 0 Å². The number of nitrogens with zero attached hydrogens (tertiary/aromatic N) is 2. The molecule has 0 saturated heterocycles. The van der Waals surface area contributed by atoms with Crippen molar-refractivity contribution >= 4 is 17.5 Å². The van der Waals surface area contributed by atoms with Crippen molar-refractivity contribution < 1.29 is 9.59 Å². The first-order valence-electron chi connectivity index (χ1n) is 9.66. The molecule has 0 spiro atoms. The number of amides is 2. The lowest BCUT2D eigenvalue weighted by atomic mass is 10.1. The summed E-state index contributed by atoms with van der Waals surface area (Å²) < 4.78 is 0. The lowest BCUT2D eigenvalue weighted by molar-refractivity contribution is 0.0749. The van der Waals surface area contributed by atoms with Crippen LogP contribution in [0.25, 0.3) is 0 Å². The van der Waals surface area contributed by atoms with E-state index >= 15 is 0 Å². The number of hydrogen-bond donors (Lipinski definition) is 1. The highest BCUT2D eigenvalue weighted by Gasteiger charge is 2.18. The standard InChI is InChI=1S/C22H29N3O2/c1-5-13-25(14-6-2)22(27)19-15-18(11-12-23-19)21(26)24-20-16(4)9-8-10-17(20)7-3/h8-12,15H,5-7,13-14H2,1-4H3,(H,24,26). The predicted molar refractivity (Wildman–Crippen MR) is 109 cm³/mol. The fourth-order valence-corrected chi connectivity index (χ4v) is 3.09. The molecule has 0 radical (unpaired) electrons. The molecule has 1 N–H and O–H groups in total. The van der Waals surface area contributed by atoms with Gasteiger partial charge in [0.25, 0.3) is 11.8 Å². The third-order valence-electron chi connectivity index (χ3n) is 4.49. The number of aryl methyl sites for hydroxylation is 2. The Morgan fingerprint density at radius 2 is 1.78 bits per heavy atom. The highest BCUT2D eigenvalue weighted by atomic mass is 16.2. The quantitative estimate of drug-likeness (QED) is 0.749. The van der Waals surface area contributed by atoms with Crippen molar-refractivity contribution in [2.75, 3.05) is 18.4 Å². The maximum absolute atomic E-state index is 12.8. The number of carbonyl (C=O) groups excluding carboxylic acids is 2. The van der Waals surface area contributed by atoms with Gasteiger partial charge in [-0.3, -0.25) is 14.6 Å². The molecule has 1 aromatic heterocycles. The van der Waals surface area contributed by atoms with E-state index in [0.29, 0.717) is 24.3 Å². The van der Waals surface area contributed by atoms with Gasteiger partial charge in [0, 0.05) is 30.5 Å². The average Bonchev–Trinajstić information content (AvgIpc) is 2.68. The van der Waals surface area contributed by atoms with E-state index < -0.39 is 0 Å². The van der Waals surface area contributed by atoms with Gasteiger partial charge in [0.05, 0.1) is 0 Å². The number of pyridine rings is 1. The Morgan fingerprint density at radius 1 is 1.07 bits per heavy atom. The molecule has 0 atom stereocenters. The summed E-state index contributed by atoms with van der Waals surface area (Å²) in [6, 6.07) is 9.20. The molecule has 0 aliphatic rings. The summed E-state index contributed by atoms with van der Waals surface area (Å²) in [4.78, 5) is 31.5.